The number of hydrogen-bond donors (Lipinski definition) is 3. The van der Waals surface area contributed by atoms with Crippen molar-refractivity contribution in [2.75, 3.05) is 25.1 Å². The van der Waals surface area contributed by atoms with Crippen LogP contribution in [-0.4, -0.2) is 49.5 Å². The Morgan fingerprint density at radius 3 is 2.17 bits per heavy atom. The van der Waals surface area contributed by atoms with Crippen LogP contribution in [0.5, 0.6) is 5.75 Å². The molecule has 0 aliphatic heterocycles. The third kappa shape index (κ3) is 8.72. The first-order valence-corrected chi connectivity index (χ1v) is 12.0. The van der Waals surface area contributed by atoms with Gasteiger partial charge >= 0.3 is 5.97 Å². The summed E-state index contributed by atoms with van der Waals surface area (Å²) in [5.41, 5.74) is 0.978. The molecule has 0 aliphatic carbocycles. The fourth-order valence-electron chi connectivity index (χ4n) is 3.19. The summed E-state index contributed by atoms with van der Waals surface area (Å²) in [6.45, 7) is 9.79. The summed E-state index contributed by atoms with van der Waals surface area (Å²) >= 11 is 0. The molecule has 0 saturated heterocycles. The second-order valence-electron chi connectivity index (χ2n) is 8.96. The molecule has 9 nitrogen and oxygen atoms in total. The lowest BCUT2D eigenvalue weighted by atomic mass is 10.0. The van der Waals surface area contributed by atoms with E-state index in [2.05, 4.69) is 16.0 Å². The standard InChI is InChI=1S/C27H35N3O6/c1-6-35-20-13-11-19(12-14-20)25(32)30-24(18(4)5)27(34)36-16-23(31)29-22-10-8-7-9-21(22)26(33)28-15-17(2)3/h7-14,17-18,24H,6,15-16H2,1-5H3,(H,28,33)(H,29,31)(H,30,32)/t24-/m0/s1. The summed E-state index contributed by atoms with van der Waals surface area (Å²) in [6.07, 6.45) is 0. The largest absolute Gasteiger partial charge is 0.494 e. The topological polar surface area (TPSA) is 123 Å². The number of rotatable bonds is 12. The van der Waals surface area contributed by atoms with Crippen molar-refractivity contribution in [1.82, 2.24) is 10.6 Å². The van der Waals surface area contributed by atoms with Gasteiger partial charge in [-0.15, -0.1) is 0 Å². The number of ether oxygens (including phenoxy) is 2. The second-order valence-corrected chi connectivity index (χ2v) is 8.96. The molecule has 0 bridgehead atoms. The van der Waals surface area contributed by atoms with Gasteiger partial charge in [-0.1, -0.05) is 39.8 Å². The molecule has 0 saturated carbocycles. The van der Waals surface area contributed by atoms with Crippen molar-refractivity contribution in [3.8, 4) is 5.75 Å². The van der Waals surface area contributed by atoms with Gasteiger partial charge in [0, 0.05) is 12.1 Å². The number of hydrogen-bond acceptors (Lipinski definition) is 6. The normalized spacial score (nSPS) is 11.5. The van der Waals surface area contributed by atoms with Crippen LogP contribution in [0.25, 0.3) is 0 Å². The van der Waals surface area contributed by atoms with E-state index in [9.17, 15) is 19.2 Å². The Kier molecular flexibility index (Phi) is 10.9. The van der Waals surface area contributed by atoms with Gasteiger partial charge in [0.2, 0.25) is 0 Å². The molecule has 2 aromatic rings. The van der Waals surface area contributed by atoms with Crippen molar-refractivity contribution in [2.45, 2.75) is 40.7 Å². The highest BCUT2D eigenvalue weighted by molar-refractivity contribution is 6.04. The zero-order chi connectivity index (χ0) is 26.7. The minimum atomic E-state index is -0.953. The molecule has 36 heavy (non-hydrogen) atoms. The van der Waals surface area contributed by atoms with Gasteiger partial charge in [-0.3, -0.25) is 14.4 Å². The van der Waals surface area contributed by atoms with Crippen LogP contribution < -0.4 is 20.7 Å². The Morgan fingerprint density at radius 1 is 0.889 bits per heavy atom. The molecule has 3 N–H and O–H groups in total. The van der Waals surface area contributed by atoms with E-state index in [0.29, 0.717) is 35.7 Å². The molecule has 2 aromatic carbocycles. The number of benzene rings is 2. The molecular formula is C27H35N3O6. The lowest BCUT2D eigenvalue weighted by molar-refractivity contribution is -0.150. The summed E-state index contributed by atoms with van der Waals surface area (Å²) < 4.78 is 10.6. The fourth-order valence-corrected chi connectivity index (χ4v) is 3.19. The van der Waals surface area contributed by atoms with Crippen LogP contribution in [0.2, 0.25) is 0 Å². The van der Waals surface area contributed by atoms with Crippen LogP contribution in [0.1, 0.15) is 55.3 Å². The monoisotopic (exact) mass is 497 g/mol. The van der Waals surface area contributed by atoms with Gasteiger partial charge in [-0.05, 0) is 55.2 Å². The maximum Gasteiger partial charge on any atom is 0.329 e. The van der Waals surface area contributed by atoms with Gasteiger partial charge in [-0.2, -0.15) is 0 Å². The second kappa shape index (κ2) is 13.9. The predicted octanol–water partition coefficient (Wildman–Crippen LogP) is 3.41. The first-order chi connectivity index (χ1) is 17.1. The molecule has 0 radical (unpaired) electrons. The average molecular weight is 498 g/mol. The zero-order valence-electron chi connectivity index (χ0n) is 21.4. The number of esters is 1. The lowest BCUT2D eigenvalue weighted by Crippen LogP contribution is -2.46. The van der Waals surface area contributed by atoms with Crippen LogP contribution in [0.15, 0.2) is 48.5 Å². The summed E-state index contributed by atoms with van der Waals surface area (Å²) in [6, 6.07) is 12.2. The first-order valence-electron chi connectivity index (χ1n) is 12.0. The smallest absolute Gasteiger partial charge is 0.329 e. The SMILES string of the molecule is CCOc1ccc(C(=O)N[C@H](C(=O)OCC(=O)Nc2ccccc2C(=O)NCC(C)C)C(C)C)cc1. The highest BCUT2D eigenvalue weighted by Crippen LogP contribution is 2.16. The Balaban J connectivity index is 1.96. The minimum absolute atomic E-state index is 0.277. The predicted molar refractivity (Wildman–Crippen MR) is 137 cm³/mol. The van der Waals surface area contributed by atoms with Gasteiger partial charge in [0.05, 0.1) is 17.9 Å². The molecule has 194 valence electrons. The van der Waals surface area contributed by atoms with E-state index < -0.39 is 30.4 Å². The highest BCUT2D eigenvalue weighted by atomic mass is 16.5. The maximum atomic E-state index is 12.7. The highest BCUT2D eigenvalue weighted by Gasteiger charge is 2.27. The summed E-state index contributed by atoms with van der Waals surface area (Å²) in [7, 11) is 0. The molecule has 2 rings (SSSR count). The molecule has 0 aromatic heterocycles. The van der Waals surface area contributed by atoms with Gasteiger partial charge < -0.3 is 25.4 Å². The van der Waals surface area contributed by atoms with Crippen molar-refractivity contribution in [2.24, 2.45) is 11.8 Å². The quantitative estimate of drug-likeness (QED) is 0.386. The van der Waals surface area contributed by atoms with Crippen molar-refractivity contribution >= 4 is 29.4 Å². The summed E-state index contributed by atoms with van der Waals surface area (Å²) in [5, 5.41) is 8.08. The van der Waals surface area contributed by atoms with Crippen molar-refractivity contribution < 1.29 is 28.7 Å². The molecule has 3 amide bonds. The lowest BCUT2D eigenvalue weighted by Gasteiger charge is -2.21. The average Bonchev–Trinajstić information content (AvgIpc) is 2.85. The third-order valence-corrected chi connectivity index (χ3v) is 5.10. The molecule has 0 fully saturated rings. The Labute approximate surface area is 211 Å². The van der Waals surface area contributed by atoms with E-state index in [1.54, 1.807) is 62.4 Å². The minimum Gasteiger partial charge on any atom is -0.494 e. The van der Waals surface area contributed by atoms with E-state index in [4.69, 9.17) is 9.47 Å². The molecule has 0 spiro atoms. The number of carbonyl (C=O) groups excluding carboxylic acids is 4. The molecule has 0 aliphatic rings. The van der Waals surface area contributed by atoms with Crippen molar-refractivity contribution in [3.05, 3.63) is 59.7 Å². The van der Waals surface area contributed by atoms with Crippen molar-refractivity contribution in [3.63, 3.8) is 0 Å². The van der Waals surface area contributed by atoms with E-state index in [1.807, 2.05) is 20.8 Å². The number of para-hydroxylation sites is 1. The van der Waals surface area contributed by atoms with Gasteiger partial charge in [-0.25, -0.2) is 4.79 Å². The van der Waals surface area contributed by atoms with Gasteiger partial charge in [0.25, 0.3) is 17.7 Å². The van der Waals surface area contributed by atoms with Crippen molar-refractivity contribution in [1.29, 1.82) is 0 Å². The maximum absolute atomic E-state index is 12.7. The summed E-state index contributed by atoms with van der Waals surface area (Å²) in [4.78, 5) is 50.2. The Hall–Kier alpha value is -3.88. The van der Waals surface area contributed by atoms with Crippen LogP contribution in [0.4, 0.5) is 5.69 Å². The Morgan fingerprint density at radius 2 is 1.56 bits per heavy atom. The molecule has 0 unspecified atom stereocenters. The summed E-state index contributed by atoms with van der Waals surface area (Å²) in [5.74, 6) is -1.46. The molecular weight excluding hydrogens is 462 g/mol. The number of carbonyl (C=O) groups is 4. The number of amides is 3. The van der Waals surface area contributed by atoms with E-state index in [0.717, 1.165) is 0 Å². The van der Waals surface area contributed by atoms with Crippen LogP contribution in [0.3, 0.4) is 0 Å². The fraction of sp³-hybridized carbons (Fsp3) is 0.407. The van der Waals surface area contributed by atoms with E-state index >= 15 is 0 Å². The molecule has 0 heterocycles. The third-order valence-electron chi connectivity index (χ3n) is 5.10. The van der Waals surface area contributed by atoms with Crippen LogP contribution >= 0.6 is 0 Å². The van der Waals surface area contributed by atoms with Gasteiger partial charge in [0.1, 0.15) is 11.8 Å². The number of nitrogens with one attached hydrogen (secondary N) is 3. The number of anilines is 1. The molecule has 1 atom stereocenters. The van der Waals surface area contributed by atoms with E-state index in [1.165, 1.54) is 0 Å². The van der Waals surface area contributed by atoms with Crippen LogP contribution in [-0.2, 0) is 14.3 Å². The first kappa shape index (κ1) is 28.4. The van der Waals surface area contributed by atoms with Gasteiger partial charge in [0.15, 0.2) is 6.61 Å². The van der Waals surface area contributed by atoms with E-state index in [-0.39, 0.29) is 17.7 Å². The zero-order valence-corrected chi connectivity index (χ0v) is 21.4. The Bertz CT molecular complexity index is 1050. The van der Waals surface area contributed by atoms with Crippen LogP contribution in [0, 0.1) is 11.8 Å². The molecule has 9 heteroatoms.